The summed E-state index contributed by atoms with van der Waals surface area (Å²) in [6.07, 6.45) is 1.74. The first kappa shape index (κ1) is 14.4. The number of hydrogen-bond acceptors (Lipinski definition) is 3. The third kappa shape index (κ3) is 2.79. The van der Waals surface area contributed by atoms with E-state index in [0.717, 1.165) is 18.6 Å². The van der Waals surface area contributed by atoms with Gasteiger partial charge in [0.15, 0.2) is 9.84 Å². The Balaban J connectivity index is 2.59. The maximum atomic E-state index is 14.0. The Hall–Kier alpha value is -1.01. The zero-order valence-electron chi connectivity index (χ0n) is 10.7. The highest BCUT2D eigenvalue weighted by Crippen LogP contribution is 2.34. The van der Waals surface area contributed by atoms with Crippen LogP contribution in [0.15, 0.2) is 17.0 Å². The summed E-state index contributed by atoms with van der Waals surface area (Å²) in [6.45, 7) is 2.60. The average Bonchev–Trinajstić information content (AvgIpc) is 2.48. The first-order valence-electron chi connectivity index (χ1n) is 6.41. The van der Waals surface area contributed by atoms with Gasteiger partial charge in [-0.1, -0.05) is 6.92 Å². The number of sulfone groups is 1. The highest BCUT2D eigenvalue weighted by molar-refractivity contribution is 7.91. The summed E-state index contributed by atoms with van der Waals surface area (Å²) in [5, 5.41) is 3.10. The van der Waals surface area contributed by atoms with Crippen LogP contribution < -0.4 is 5.32 Å². The van der Waals surface area contributed by atoms with E-state index in [1.807, 2.05) is 6.92 Å². The Labute approximate surface area is 111 Å². The van der Waals surface area contributed by atoms with Crippen molar-refractivity contribution in [2.45, 2.75) is 37.1 Å². The van der Waals surface area contributed by atoms with Crippen molar-refractivity contribution in [3.8, 4) is 0 Å². The fourth-order valence-corrected chi connectivity index (χ4v) is 4.13. The van der Waals surface area contributed by atoms with Gasteiger partial charge in [0, 0.05) is 11.6 Å². The molecule has 1 aliphatic heterocycles. The Morgan fingerprint density at radius 3 is 2.68 bits per heavy atom. The molecule has 0 bridgehead atoms. The van der Waals surface area contributed by atoms with Crippen molar-refractivity contribution in [1.29, 1.82) is 0 Å². The lowest BCUT2D eigenvalue weighted by Gasteiger charge is -2.19. The molecule has 3 nitrogen and oxygen atoms in total. The average molecular weight is 289 g/mol. The van der Waals surface area contributed by atoms with Crippen LogP contribution in [0.3, 0.4) is 0 Å². The maximum Gasteiger partial charge on any atom is 0.181 e. The van der Waals surface area contributed by atoms with Crippen LogP contribution in [-0.4, -0.2) is 20.7 Å². The minimum Gasteiger partial charge on any atom is -0.310 e. The maximum absolute atomic E-state index is 14.0. The van der Waals surface area contributed by atoms with Gasteiger partial charge in [-0.15, -0.1) is 0 Å². The van der Waals surface area contributed by atoms with E-state index in [0.29, 0.717) is 19.4 Å². The molecule has 0 aliphatic carbocycles. The molecule has 1 unspecified atom stereocenters. The van der Waals surface area contributed by atoms with Crippen molar-refractivity contribution in [2.24, 2.45) is 0 Å². The van der Waals surface area contributed by atoms with Gasteiger partial charge in [0.25, 0.3) is 0 Å². The third-order valence-electron chi connectivity index (χ3n) is 3.30. The molecule has 0 spiro atoms. The van der Waals surface area contributed by atoms with Gasteiger partial charge in [-0.05, 0) is 37.9 Å². The van der Waals surface area contributed by atoms with Gasteiger partial charge in [-0.25, -0.2) is 17.2 Å². The van der Waals surface area contributed by atoms with E-state index in [4.69, 9.17) is 0 Å². The quantitative estimate of drug-likeness (QED) is 0.930. The van der Waals surface area contributed by atoms with Gasteiger partial charge in [0.05, 0.1) is 5.75 Å². The van der Waals surface area contributed by atoms with Crippen LogP contribution in [0.25, 0.3) is 0 Å². The van der Waals surface area contributed by atoms with E-state index < -0.39 is 32.4 Å². The molecule has 0 amide bonds. The molecule has 0 saturated heterocycles. The monoisotopic (exact) mass is 289 g/mol. The van der Waals surface area contributed by atoms with Gasteiger partial charge in [-0.3, -0.25) is 0 Å². The van der Waals surface area contributed by atoms with Crippen LogP contribution in [0, 0.1) is 11.6 Å². The zero-order valence-corrected chi connectivity index (χ0v) is 11.6. The molecular weight excluding hydrogens is 272 g/mol. The Morgan fingerprint density at radius 1 is 1.32 bits per heavy atom. The lowest BCUT2D eigenvalue weighted by Crippen LogP contribution is -2.24. The third-order valence-corrected chi connectivity index (χ3v) is 5.16. The summed E-state index contributed by atoms with van der Waals surface area (Å²) in [5.41, 5.74) is -0.0362. The van der Waals surface area contributed by atoms with E-state index in [1.165, 1.54) is 0 Å². The molecule has 2 rings (SSSR count). The van der Waals surface area contributed by atoms with Crippen molar-refractivity contribution >= 4 is 9.84 Å². The Bertz CT molecular complexity index is 572. The molecule has 1 atom stereocenters. The number of hydrogen-bond donors (Lipinski definition) is 1. The Morgan fingerprint density at radius 2 is 2.00 bits per heavy atom. The number of fused-ring (bicyclic) bond motifs is 1. The lowest BCUT2D eigenvalue weighted by atomic mass is 10.0. The standard InChI is InChI=1S/C13H17F2NO2S/c1-2-7-16-11-4-3-8-19(17,18)13-10(15)6-5-9(14)12(11)13/h5-6,11,16H,2-4,7-8H2,1H3. The molecule has 0 radical (unpaired) electrons. The number of rotatable bonds is 3. The second kappa shape index (κ2) is 5.54. The zero-order chi connectivity index (χ0) is 14.0. The fraction of sp³-hybridized carbons (Fsp3) is 0.538. The highest BCUT2D eigenvalue weighted by atomic mass is 32.2. The van der Waals surface area contributed by atoms with Crippen molar-refractivity contribution < 1.29 is 17.2 Å². The smallest absolute Gasteiger partial charge is 0.181 e. The van der Waals surface area contributed by atoms with Gasteiger partial charge < -0.3 is 5.32 Å². The van der Waals surface area contributed by atoms with Gasteiger partial charge in [-0.2, -0.15) is 0 Å². The second-order valence-corrected chi connectivity index (χ2v) is 6.79. The molecule has 6 heteroatoms. The molecule has 1 aromatic carbocycles. The summed E-state index contributed by atoms with van der Waals surface area (Å²) >= 11 is 0. The van der Waals surface area contributed by atoms with Crippen LogP contribution in [-0.2, 0) is 9.84 Å². The first-order valence-corrected chi connectivity index (χ1v) is 8.06. The molecule has 1 aliphatic rings. The van der Waals surface area contributed by atoms with E-state index >= 15 is 0 Å². The largest absolute Gasteiger partial charge is 0.310 e. The topological polar surface area (TPSA) is 46.2 Å². The van der Waals surface area contributed by atoms with Gasteiger partial charge >= 0.3 is 0 Å². The minimum atomic E-state index is -3.74. The molecule has 19 heavy (non-hydrogen) atoms. The van der Waals surface area contributed by atoms with Crippen molar-refractivity contribution in [3.63, 3.8) is 0 Å². The SMILES string of the molecule is CCCNC1CCCS(=O)(=O)c2c(F)ccc(F)c21. The minimum absolute atomic E-state index is 0.0362. The summed E-state index contributed by atoms with van der Waals surface area (Å²) < 4.78 is 51.9. The van der Waals surface area contributed by atoms with Crippen LogP contribution in [0.2, 0.25) is 0 Å². The molecule has 106 valence electrons. The van der Waals surface area contributed by atoms with Crippen LogP contribution in [0.4, 0.5) is 8.78 Å². The van der Waals surface area contributed by atoms with Crippen molar-refractivity contribution in [2.75, 3.05) is 12.3 Å². The van der Waals surface area contributed by atoms with Gasteiger partial charge in [0.2, 0.25) is 0 Å². The molecule has 0 aromatic heterocycles. The van der Waals surface area contributed by atoms with E-state index in [2.05, 4.69) is 5.32 Å². The van der Waals surface area contributed by atoms with E-state index in [1.54, 1.807) is 0 Å². The number of nitrogens with one attached hydrogen (secondary N) is 1. The first-order chi connectivity index (χ1) is 8.97. The van der Waals surface area contributed by atoms with Crippen LogP contribution >= 0.6 is 0 Å². The van der Waals surface area contributed by atoms with Crippen molar-refractivity contribution in [3.05, 3.63) is 29.3 Å². The van der Waals surface area contributed by atoms with E-state index in [9.17, 15) is 17.2 Å². The second-order valence-electron chi connectivity index (χ2n) is 4.74. The predicted molar refractivity (Wildman–Crippen MR) is 68.7 cm³/mol. The normalized spacial score (nSPS) is 21.7. The van der Waals surface area contributed by atoms with E-state index in [-0.39, 0.29) is 11.3 Å². The Kier molecular flexibility index (Phi) is 4.20. The van der Waals surface area contributed by atoms with Crippen LogP contribution in [0.1, 0.15) is 37.8 Å². The number of benzene rings is 1. The molecular formula is C13H17F2NO2S. The predicted octanol–water partition coefficient (Wildman–Crippen LogP) is 2.57. The molecule has 1 N–H and O–H groups in total. The lowest BCUT2D eigenvalue weighted by molar-refractivity contribution is 0.457. The van der Waals surface area contributed by atoms with Gasteiger partial charge in [0.1, 0.15) is 16.5 Å². The summed E-state index contributed by atoms with van der Waals surface area (Å²) in [7, 11) is -3.74. The molecule has 1 aromatic rings. The highest BCUT2D eigenvalue weighted by Gasteiger charge is 2.32. The number of halogens is 2. The summed E-state index contributed by atoms with van der Waals surface area (Å²) in [4.78, 5) is -0.460. The van der Waals surface area contributed by atoms with Crippen molar-refractivity contribution in [1.82, 2.24) is 5.32 Å². The molecule has 0 saturated carbocycles. The fourth-order valence-electron chi connectivity index (χ4n) is 2.44. The summed E-state index contributed by atoms with van der Waals surface area (Å²) in [5.74, 6) is -1.65. The van der Waals surface area contributed by atoms with Crippen LogP contribution in [0.5, 0.6) is 0 Å². The molecule has 1 heterocycles. The summed E-state index contributed by atoms with van der Waals surface area (Å²) in [6, 6.07) is 1.44. The molecule has 0 fully saturated rings.